The van der Waals surface area contributed by atoms with Gasteiger partial charge in [0.25, 0.3) is 0 Å². The summed E-state index contributed by atoms with van der Waals surface area (Å²) in [5.41, 5.74) is 7.30. The molecule has 1 atom stereocenters. The predicted octanol–water partition coefficient (Wildman–Crippen LogP) is 2.53. The molecule has 0 radical (unpaired) electrons. The zero-order valence-electron chi connectivity index (χ0n) is 13.9. The van der Waals surface area contributed by atoms with Crippen molar-refractivity contribution in [1.29, 1.82) is 0 Å². The Morgan fingerprint density at radius 2 is 1.96 bits per heavy atom. The smallest absolute Gasteiger partial charge is 0.355 e. The molecule has 1 aromatic heterocycles. The number of carbonyl (C=O) groups excluding carboxylic acids is 2. The highest BCUT2D eigenvalue weighted by Gasteiger charge is 2.28. The number of likely N-dealkylation sites (tertiary alicyclic amines) is 1. The Kier molecular flexibility index (Phi) is 4.74. The number of amides is 2. The van der Waals surface area contributed by atoms with E-state index in [-0.39, 0.29) is 18.5 Å². The minimum Gasteiger partial charge on any atom is -0.459 e. The SMILES string of the molecule is Cn1c(C(=O)OC[C@H]2CCCN2C(N)=O)ccc1-c1ccc(F)cc1. The van der Waals surface area contributed by atoms with Crippen molar-refractivity contribution in [3.05, 3.63) is 47.9 Å². The van der Waals surface area contributed by atoms with E-state index >= 15 is 0 Å². The molecule has 1 saturated heterocycles. The summed E-state index contributed by atoms with van der Waals surface area (Å²) in [6, 6.07) is 8.86. The first-order valence-electron chi connectivity index (χ1n) is 8.12. The summed E-state index contributed by atoms with van der Waals surface area (Å²) in [5, 5.41) is 0. The molecule has 0 spiro atoms. The molecule has 2 heterocycles. The number of nitrogens with two attached hydrogens (primary N) is 1. The van der Waals surface area contributed by atoms with Crippen molar-refractivity contribution in [2.24, 2.45) is 12.8 Å². The van der Waals surface area contributed by atoms with Crippen LogP contribution in [0.2, 0.25) is 0 Å². The number of hydrogen-bond donors (Lipinski definition) is 1. The molecule has 2 amide bonds. The summed E-state index contributed by atoms with van der Waals surface area (Å²) in [7, 11) is 1.75. The Morgan fingerprint density at radius 1 is 1.24 bits per heavy atom. The Bertz CT molecular complexity index is 785. The summed E-state index contributed by atoms with van der Waals surface area (Å²) in [4.78, 5) is 25.2. The van der Waals surface area contributed by atoms with Crippen LogP contribution in [0.3, 0.4) is 0 Å². The van der Waals surface area contributed by atoms with E-state index in [1.165, 1.54) is 17.0 Å². The van der Waals surface area contributed by atoms with Crippen molar-refractivity contribution in [2.75, 3.05) is 13.2 Å². The summed E-state index contributed by atoms with van der Waals surface area (Å²) < 4.78 is 20.1. The van der Waals surface area contributed by atoms with Crippen molar-refractivity contribution >= 4 is 12.0 Å². The molecule has 0 unspecified atom stereocenters. The number of carbonyl (C=O) groups is 2. The molecule has 2 N–H and O–H groups in total. The van der Waals surface area contributed by atoms with Crippen LogP contribution in [0.4, 0.5) is 9.18 Å². The number of hydrogen-bond acceptors (Lipinski definition) is 3. The number of urea groups is 1. The first-order valence-corrected chi connectivity index (χ1v) is 8.12. The van der Waals surface area contributed by atoms with Gasteiger partial charge in [-0.1, -0.05) is 0 Å². The van der Waals surface area contributed by atoms with Crippen LogP contribution in [0.15, 0.2) is 36.4 Å². The van der Waals surface area contributed by atoms with Crippen molar-refractivity contribution < 1.29 is 18.7 Å². The van der Waals surface area contributed by atoms with Crippen molar-refractivity contribution in [1.82, 2.24) is 9.47 Å². The first-order chi connectivity index (χ1) is 12.0. The molecular formula is C18H20FN3O3. The average molecular weight is 345 g/mol. The van der Waals surface area contributed by atoms with Crippen LogP contribution in [0.5, 0.6) is 0 Å². The highest BCUT2D eigenvalue weighted by atomic mass is 19.1. The number of ether oxygens (including phenoxy) is 1. The normalized spacial score (nSPS) is 16.9. The number of esters is 1. The van der Waals surface area contributed by atoms with Crippen molar-refractivity contribution in [3.63, 3.8) is 0 Å². The van der Waals surface area contributed by atoms with E-state index in [1.807, 2.05) is 0 Å². The van der Waals surface area contributed by atoms with E-state index in [4.69, 9.17) is 10.5 Å². The molecule has 1 aromatic carbocycles. The van der Waals surface area contributed by atoms with Crippen LogP contribution >= 0.6 is 0 Å². The topological polar surface area (TPSA) is 77.6 Å². The maximum atomic E-state index is 13.1. The molecule has 7 heteroatoms. The zero-order chi connectivity index (χ0) is 18.0. The van der Waals surface area contributed by atoms with E-state index in [0.29, 0.717) is 12.2 Å². The van der Waals surface area contributed by atoms with Gasteiger partial charge in [0.05, 0.1) is 6.04 Å². The predicted molar refractivity (Wildman–Crippen MR) is 90.4 cm³/mol. The monoisotopic (exact) mass is 345 g/mol. The average Bonchev–Trinajstić information content (AvgIpc) is 3.20. The van der Waals surface area contributed by atoms with Crippen molar-refractivity contribution in [3.8, 4) is 11.3 Å². The Labute approximate surface area is 145 Å². The molecule has 0 aliphatic carbocycles. The van der Waals surface area contributed by atoms with E-state index in [1.54, 1.807) is 35.9 Å². The van der Waals surface area contributed by atoms with Gasteiger partial charge >= 0.3 is 12.0 Å². The third-order valence-corrected chi connectivity index (χ3v) is 4.54. The molecule has 1 aliphatic rings. The van der Waals surface area contributed by atoms with Crippen LogP contribution in [0.1, 0.15) is 23.3 Å². The van der Waals surface area contributed by atoms with Gasteiger partial charge in [-0.15, -0.1) is 0 Å². The van der Waals surface area contributed by atoms with Gasteiger partial charge in [-0.3, -0.25) is 0 Å². The fourth-order valence-corrected chi connectivity index (χ4v) is 3.17. The van der Waals surface area contributed by atoms with Gasteiger partial charge in [0.2, 0.25) is 0 Å². The van der Waals surface area contributed by atoms with Gasteiger partial charge in [0.1, 0.15) is 18.1 Å². The van der Waals surface area contributed by atoms with E-state index in [2.05, 4.69) is 0 Å². The summed E-state index contributed by atoms with van der Waals surface area (Å²) >= 11 is 0. The van der Waals surface area contributed by atoms with Crippen LogP contribution in [-0.2, 0) is 11.8 Å². The lowest BCUT2D eigenvalue weighted by atomic mass is 10.1. The molecule has 132 valence electrons. The van der Waals surface area contributed by atoms with Crippen LogP contribution < -0.4 is 5.73 Å². The van der Waals surface area contributed by atoms with Gasteiger partial charge < -0.3 is 19.9 Å². The minimum atomic E-state index is -0.490. The number of halogens is 1. The molecule has 2 aromatic rings. The second-order valence-corrected chi connectivity index (χ2v) is 6.10. The molecule has 0 saturated carbocycles. The molecular weight excluding hydrogens is 325 g/mol. The standard InChI is InChI=1S/C18H20FN3O3/c1-21-15(12-4-6-13(19)7-5-12)8-9-16(21)17(23)25-11-14-3-2-10-22(14)18(20)24/h4-9,14H,2-3,10-11H2,1H3,(H2,20,24)/t14-/m1/s1. The fourth-order valence-electron chi connectivity index (χ4n) is 3.17. The van der Waals surface area contributed by atoms with Crippen molar-refractivity contribution in [2.45, 2.75) is 18.9 Å². The van der Waals surface area contributed by atoms with Crippen LogP contribution in [0.25, 0.3) is 11.3 Å². The Balaban J connectivity index is 1.69. The second-order valence-electron chi connectivity index (χ2n) is 6.10. The molecule has 3 rings (SSSR count). The Morgan fingerprint density at radius 3 is 2.64 bits per heavy atom. The lowest BCUT2D eigenvalue weighted by molar-refractivity contribution is 0.0411. The molecule has 1 fully saturated rings. The number of benzene rings is 1. The first kappa shape index (κ1) is 17.0. The molecule has 0 bridgehead atoms. The highest BCUT2D eigenvalue weighted by Crippen LogP contribution is 2.23. The summed E-state index contributed by atoms with van der Waals surface area (Å²) in [6.45, 7) is 0.718. The van der Waals surface area contributed by atoms with E-state index in [0.717, 1.165) is 24.1 Å². The molecule has 25 heavy (non-hydrogen) atoms. The van der Waals surface area contributed by atoms with Gasteiger partial charge in [-0.25, -0.2) is 14.0 Å². The molecule has 1 aliphatic heterocycles. The lowest BCUT2D eigenvalue weighted by Crippen LogP contribution is -2.42. The number of rotatable bonds is 4. The van der Waals surface area contributed by atoms with E-state index < -0.39 is 12.0 Å². The Hall–Kier alpha value is -2.83. The third kappa shape index (κ3) is 3.50. The molecule has 6 nitrogen and oxygen atoms in total. The maximum absolute atomic E-state index is 13.1. The zero-order valence-corrected chi connectivity index (χ0v) is 13.9. The summed E-state index contributed by atoms with van der Waals surface area (Å²) in [6.07, 6.45) is 1.62. The van der Waals surface area contributed by atoms with Gasteiger partial charge in [-0.2, -0.15) is 0 Å². The van der Waals surface area contributed by atoms with E-state index in [9.17, 15) is 14.0 Å². The quantitative estimate of drug-likeness (QED) is 0.865. The van der Waals surface area contributed by atoms with Gasteiger partial charge in [-0.05, 0) is 54.8 Å². The largest absolute Gasteiger partial charge is 0.459 e. The lowest BCUT2D eigenvalue weighted by Gasteiger charge is -2.22. The number of nitrogens with zero attached hydrogens (tertiary/aromatic N) is 2. The highest BCUT2D eigenvalue weighted by molar-refractivity contribution is 5.89. The minimum absolute atomic E-state index is 0.124. The number of primary amides is 1. The fraction of sp³-hybridized carbons (Fsp3) is 0.333. The maximum Gasteiger partial charge on any atom is 0.355 e. The van der Waals surface area contributed by atoms with Crippen LogP contribution in [0, 0.1) is 5.82 Å². The van der Waals surface area contributed by atoms with Gasteiger partial charge in [0.15, 0.2) is 0 Å². The summed E-state index contributed by atoms with van der Waals surface area (Å²) in [5.74, 6) is -0.777. The third-order valence-electron chi connectivity index (χ3n) is 4.54. The second kappa shape index (κ2) is 6.96. The van der Waals surface area contributed by atoms with Crippen LogP contribution in [-0.4, -0.2) is 40.7 Å². The number of aromatic nitrogens is 1. The van der Waals surface area contributed by atoms with Gasteiger partial charge in [0, 0.05) is 19.3 Å².